The van der Waals surface area contributed by atoms with Crippen molar-refractivity contribution in [2.75, 3.05) is 19.0 Å². The molecule has 18 heavy (non-hydrogen) atoms. The van der Waals surface area contributed by atoms with Crippen molar-refractivity contribution in [2.24, 2.45) is 5.73 Å². The average molecular weight is 273 g/mol. The molecule has 4 N–H and O–H groups in total. The Balaban J connectivity index is 2.74. The number of benzene rings is 1. The highest BCUT2D eigenvalue weighted by atomic mass is 35.5. The van der Waals surface area contributed by atoms with Crippen molar-refractivity contribution in [1.29, 1.82) is 0 Å². The van der Waals surface area contributed by atoms with E-state index in [9.17, 15) is 9.59 Å². The third-order valence-corrected chi connectivity index (χ3v) is 2.60. The van der Waals surface area contributed by atoms with Crippen LogP contribution in [0.25, 0.3) is 0 Å². The summed E-state index contributed by atoms with van der Waals surface area (Å²) in [5, 5.41) is 11.9. The monoisotopic (exact) mass is 272 g/mol. The molecule has 0 fully saturated rings. The molecule has 1 aromatic rings. The zero-order valence-electron chi connectivity index (χ0n) is 9.64. The van der Waals surface area contributed by atoms with Gasteiger partial charge >= 0.3 is 5.97 Å². The summed E-state index contributed by atoms with van der Waals surface area (Å²) in [5.41, 5.74) is 5.89. The minimum absolute atomic E-state index is 0.0570. The zero-order chi connectivity index (χ0) is 13.7. The second-order valence-electron chi connectivity index (χ2n) is 3.50. The Morgan fingerprint density at radius 3 is 2.67 bits per heavy atom. The number of carbonyl (C=O) groups is 2. The first kappa shape index (κ1) is 14.3. The summed E-state index contributed by atoms with van der Waals surface area (Å²) < 4.78 is 4.76. The molecule has 1 aromatic carbocycles. The molecule has 98 valence electrons. The Morgan fingerprint density at radius 1 is 1.56 bits per heavy atom. The number of rotatable bonds is 6. The molecular formula is C11H13ClN2O4. The van der Waals surface area contributed by atoms with Gasteiger partial charge in [-0.1, -0.05) is 11.6 Å². The van der Waals surface area contributed by atoms with Gasteiger partial charge in [-0.3, -0.25) is 4.79 Å². The lowest BCUT2D eigenvalue weighted by atomic mass is 10.2. The summed E-state index contributed by atoms with van der Waals surface area (Å²) >= 11 is 5.92. The van der Waals surface area contributed by atoms with Crippen molar-refractivity contribution >= 4 is 29.2 Å². The molecule has 0 aromatic heterocycles. The predicted molar refractivity (Wildman–Crippen MR) is 66.9 cm³/mol. The Morgan fingerprint density at radius 2 is 2.22 bits per heavy atom. The molecule has 0 aliphatic rings. The van der Waals surface area contributed by atoms with Gasteiger partial charge in [-0.15, -0.1) is 0 Å². The number of amides is 1. The van der Waals surface area contributed by atoms with Crippen molar-refractivity contribution in [1.82, 2.24) is 0 Å². The standard InChI is InChI=1S/C11H13ClN2O4/c1-18-9(11(16)17)5-14-8-3-2-6(10(13)15)4-7(8)12/h2-4,9,14H,5H2,1H3,(H2,13,15)(H,16,17). The van der Waals surface area contributed by atoms with E-state index in [0.29, 0.717) is 5.69 Å². The molecule has 1 unspecified atom stereocenters. The van der Waals surface area contributed by atoms with Gasteiger partial charge in [-0.05, 0) is 18.2 Å². The molecule has 0 bridgehead atoms. The number of carboxylic acid groups (broad SMARTS) is 1. The van der Waals surface area contributed by atoms with Gasteiger partial charge in [-0.25, -0.2) is 4.79 Å². The quantitative estimate of drug-likeness (QED) is 0.716. The number of nitrogens with one attached hydrogen (secondary N) is 1. The van der Waals surface area contributed by atoms with E-state index in [1.807, 2.05) is 0 Å². The molecule has 0 saturated carbocycles. The van der Waals surface area contributed by atoms with Gasteiger partial charge in [0.25, 0.3) is 0 Å². The second-order valence-corrected chi connectivity index (χ2v) is 3.91. The molecule has 0 aliphatic carbocycles. The van der Waals surface area contributed by atoms with Gasteiger partial charge < -0.3 is 20.9 Å². The van der Waals surface area contributed by atoms with Crippen molar-refractivity contribution in [3.8, 4) is 0 Å². The number of primary amides is 1. The number of hydrogen-bond donors (Lipinski definition) is 3. The summed E-state index contributed by atoms with van der Waals surface area (Å²) in [7, 11) is 1.30. The van der Waals surface area contributed by atoms with E-state index in [-0.39, 0.29) is 17.1 Å². The molecule has 7 heteroatoms. The lowest BCUT2D eigenvalue weighted by Crippen LogP contribution is -2.30. The first-order valence-corrected chi connectivity index (χ1v) is 5.42. The van der Waals surface area contributed by atoms with E-state index < -0.39 is 18.0 Å². The molecule has 0 spiro atoms. The molecule has 0 heterocycles. The van der Waals surface area contributed by atoms with Crippen LogP contribution in [0, 0.1) is 0 Å². The largest absolute Gasteiger partial charge is 0.479 e. The van der Waals surface area contributed by atoms with Crippen LogP contribution in [0.5, 0.6) is 0 Å². The molecule has 1 amide bonds. The van der Waals surface area contributed by atoms with E-state index in [2.05, 4.69) is 5.32 Å². The average Bonchev–Trinajstić information content (AvgIpc) is 2.30. The Labute approximate surface area is 109 Å². The van der Waals surface area contributed by atoms with Crippen LogP contribution in [0.1, 0.15) is 10.4 Å². The maximum absolute atomic E-state index is 10.9. The van der Waals surface area contributed by atoms with Crippen molar-refractivity contribution < 1.29 is 19.4 Å². The van der Waals surface area contributed by atoms with Crippen LogP contribution in [0.15, 0.2) is 18.2 Å². The molecule has 1 atom stereocenters. The van der Waals surface area contributed by atoms with Gasteiger partial charge in [0.2, 0.25) is 5.91 Å². The summed E-state index contributed by atoms with van der Waals surface area (Å²) in [6.07, 6.45) is -0.975. The summed E-state index contributed by atoms with van der Waals surface area (Å²) in [4.78, 5) is 21.6. The smallest absolute Gasteiger partial charge is 0.334 e. The van der Waals surface area contributed by atoms with Crippen molar-refractivity contribution in [3.05, 3.63) is 28.8 Å². The second kappa shape index (κ2) is 6.23. The first-order chi connectivity index (χ1) is 8.45. The SMILES string of the molecule is COC(CNc1ccc(C(N)=O)cc1Cl)C(=O)O. The van der Waals surface area contributed by atoms with E-state index >= 15 is 0 Å². The summed E-state index contributed by atoms with van der Waals surface area (Å²) in [5.74, 6) is -1.65. The van der Waals surface area contributed by atoms with Crippen LogP contribution in [-0.2, 0) is 9.53 Å². The van der Waals surface area contributed by atoms with E-state index in [1.54, 1.807) is 6.07 Å². The number of carbonyl (C=O) groups excluding carboxylic acids is 1. The van der Waals surface area contributed by atoms with Gasteiger partial charge in [0, 0.05) is 12.7 Å². The number of hydrogen-bond acceptors (Lipinski definition) is 4. The van der Waals surface area contributed by atoms with E-state index in [0.717, 1.165) is 0 Å². The molecule has 0 aliphatic heterocycles. The fourth-order valence-corrected chi connectivity index (χ4v) is 1.53. The lowest BCUT2D eigenvalue weighted by Gasteiger charge is -2.13. The molecule has 6 nitrogen and oxygen atoms in total. The van der Waals surface area contributed by atoms with Gasteiger partial charge in [-0.2, -0.15) is 0 Å². The van der Waals surface area contributed by atoms with Crippen LogP contribution >= 0.6 is 11.6 Å². The van der Waals surface area contributed by atoms with E-state index in [1.165, 1.54) is 19.2 Å². The number of halogens is 1. The van der Waals surface area contributed by atoms with Gasteiger partial charge in [0.15, 0.2) is 6.10 Å². The lowest BCUT2D eigenvalue weighted by molar-refractivity contribution is -0.147. The zero-order valence-corrected chi connectivity index (χ0v) is 10.4. The normalized spacial score (nSPS) is 11.9. The summed E-state index contributed by atoms with van der Waals surface area (Å²) in [6, 6.07) is 4.46. The Bertz CT molecular complexity index is 464. The van der Waals surface area contributed by atoms with E-state index in [4.69, 9.17) is 27.2 Å². The Kier molecular flexibility index (Phi) is 4.94. The van der Waals surface area contributed by atoms with Crippen molar-refractivity contribution in [3.63, 3.8) is 0 Å². The van der Waals surface area contributed by atoms with Crippen LogP contribution in [0.4, 0.5) is 5.69 Å². The van der Waals surface area contributed by atoms with Gasteiger partial charge in [0.1, 0.15) is 0 Å². The third kappa shape index (κ3) is 3.61. The van der Waals surface area contributed by atoms with Crippen molar-refractivity contribution in [2.45, 2.75) is 6.10 Å². The first-order valence-electron chi connectivity index (χ1n) is 5.04. The molecule has 0 saturated heterocycles. The number of carboxylic acids is 1. The fourth-order valence-electron chi connectivity index (χ4n) is 1.29. The number of ether oxygens (including phenoxy) is 1. The Hall–Kier alpha value is -1.79. The third-order valence-electron chi connectivity index (χ3n) is 2.29. The number of methoxy groups -OCH3 is 1. The number of anilines is 1. The van der Waals surface area contributed by atoms with Crippen LogP contribution < -0.4 is 11.1 Å². The van der Waals surface area contributed by atoms with Crippen LogP contribution in [-0.4, -0.2) is 36.7 Å². The van der Waals surface area contributed by atoms with Crippen LogP contribution in [0.2, 0.25) is 5.02 Å². The minimum atomic E-state index is -1.07. The minimum Gasteiger partial charge on any atom is -0.479 e. The topological polar surface area (TPSA) is 102 Å². The predicted octanol–water partition coefficient (Wildman–Crippen LogP) is 0.950. The highest BCUT2D eigenvalue weighted by Gasteiger charge is 2.16. The molecular weight excluding hydrogens is 260 g/mol. The maximum Gasteiger partial charge on any atom is 0.334 e. The van der Waals surface area contributed by atoms with Crippen LogP contribution in [0.3, 0.4) is 0 Å². The highest BCUT2D eigenvalue weighted by Crippen LogP contribution is 2.22. The molecule has 1 rings (SSSR count). The highest BCUT2D eigenvalue weighted by molar-refractivity contribution is 6.33. The maximum atomic E-state index is 10.9. The fraction of sp³-hybridized carbons (Fsp3) is 0.273. The number of aliphatic carboxylic acids is 1. The van der Waals surface area contributed by atoms with Gasteiger partial charge in [0.05, 0.1) is 17.3 Å². The molecule has 0 radical (unpaired) electrons. The number of nitrogens with two attached hydrogens (primary N) is 1. The summed E-state index contributed by atoms with van der Waals surface area (Å²) in [6.45, 7) is 0.0570.